The van der Waals surface area contributed by atoms with Gasteiger partial charge in [0, 0.05) is 24.7 Å². The van der Waals surface area contributed by atoms with Crippen LogP contribution in [0, 0.1) is 64.1 Å². The summed E-state index contributed by atoms with van der Waals surface area (Å²) in [7, 11) is 0. The van der Waals surface area contributed by atoms with E-state index in [0.717, 1.165) is 57.8 Å². The molecule has 4 heterocycles. The molecule has 9 aliphatic rings. The Morgan fingerprint density at radius 1 is 0.826 bits per heavy atom. The van der Waals surface area contributed by atoms with E-state index in [1.807, 2.05) is 6.92 Å². The van der Waals surface area contributed by atoms with Gasteiger partial charge in [0.15, 0.2) is 18.2 Å². The predicted molar refractivity (Wildman–Crippen MR) is 170 cm³/mol. The van der Waals surface area contributed by atoms with E-state index < -0.39 is 23.6 Å². The topological polar surface area (TPSA) is 104 Å². The van der Waals surface area contributed by atoms with Crippen molar-refractivity contribution >= 4 is 5.97 Å². The van der Waals surface area contributed by atoms with Crippen LogP contribution in [0.15, 0.2) is 0 Å². The number of hydrogen-bond acceptors (Lipinski definition) is 7. The molecular weight excluding hydrogens is 584 g/mol. The number of carbonyl (C=O) groups is 1. The van der Waals surface area contributed by atoms with E-state index in [-0.39, 0.29) is 53.5 Å². The molecule has 5 aliphatic carbocycles. The van der Waals surface area contributed by atoms with Gasteiger partial charge < -0.3 is 24.4 Å². The summed E-state index contributed by atoms with van der Waals surface area (Å²) in [6, 6.07) is 0. The van der Waals surface area contributed by atoms with Gasteiger partial charge in [-0.05, 0) is 143 Å². The molecule has 0 radical (unpaired) electrons. The van der Waals surface area contributed by atoms with E-state index in [9.17, 15) is 15.0 Å². The molecule has 0 aromatic heterocycles. The normalized spacial score (nSPS) is 57.5. The van der Waals surface area contributed by atoms with Crippen LogP contribution < -0.4 is 0 Å². The molecule has 8 unspecified atom stereocenters. The molecule has 1 spiro atoms. The summed E-state index contributed by atoms with van der Waals surface area (Å²) in [5.74, 6) is 2.58. The molecule has 8 heteroatoms. The summed E-state index contributed by atoms with van der Waals surface area (Å²) >= 11 is 0. The third-order valence-electron chi connectivity index (χ3n) is 16.2. The van der Waals surface area contributed by atoms with Gasteiger partial charge in [-0.3, -0.25) is 4.79 Å². The molecule has 2 N–H and O–H groups in total. The Balaban J connectivity index is 0.958. The first-order chi connectivity index (χ1) is 21.9. The van der Waals surface area contributed by atoms with Crippen molar-refractivity contribution in [3.05, 3.63) is 0 Å². The number of aliphatic carboxylic acids is 1. The minimum absolute atomic E-state index is 0.0683. The standard InChI is InChI=1S/C38H60O8/c1-21-9-11-27-22(2)33(43-34-38(27)26(21)15-18-37(5,44-34)45-46-38)42-24-13-16-36(4)29-14-17-35(3)23(7-6-8-32(40)41)10-12-28(35)25(29)20-31(39)30(36)19-24/h21-31,33-34,39H,6-20H2,1-5H3,(H,40,41)/t21-,22-,23+,24-,25?,26?,27?,28?,29?,30?,31+,33?,34?,35-,36-,37+,38-/m1/s1. The molecule has 5 saturated carbocycles. The molecule has 8 nitrogen and oxygen atoms in total. The maximum atomic E-state index is 11.9. The highest BCUT2D eigenvalue weighted by Crippen LogP contribution is 2.68. The number of hydrogen-bond donors (Lipinski definition) is 2. The molecule has 2 bridgehead atoms. The smallest absolute Gasteiger partial charge is 0.303 e. The van der Waals surface area contributed by atoms with Crippen LogP contribution in [0.3, 0.4) is 0 Å². The molecule has 9 rings (SSSR count). The van der Waals surface area contributed by atoms with Gasteiger partial charge in [-0.2, -0.15) is 0 Å². The van der Waals surface area contributed by atoms with Crippen LogP contribution in [0.5, 0.6) is 0 Å². The summed E-state index contributed by atoms with van der Waals surface area (Å²) in [4.78, 5) is 23.5. The first-order valence-corrected chi connectivity index (χ1v) is 19.1. The van der Waals surface area contributed by atoms with Crippen LogP contribution in [-0.2, 0) is 28.8 Å². The molecule has 0 aromatic carbocycles. The Bertz CT molecular complexity index is 1180. The van der Waals surface area contributed by atoms with Gasteiger partial charge in [0.1, 0.15) is 0 Å². The quantitative estimate of drug-likeness (QED) is 0.227. The molecular formula is C38H60O8. The van der Waals surface area contributed by atoms with Gasteiger partial charge in [0.05, 0.1) is 12.2 Å². The molecule has 4 saturated heterocycles. The van der Waals surface area contributed by atoms with Crippen molar-refractivity contribution < 1.29 is 39.0 Å². The van der Waals surface area contributed by atoms with Gasteiger partial charge in [-0.1, -0.05) is 27.7 Å². The van der Waals surface area contributed by atoms with Crippen molar-refractivity contribution in [3.63, 3.8) is 0 Å². The van der Waals surface area contributed by atoms with Crippen molar-refractivity contribution in [2.75, 3.05) is 0 Å². The first kappa shape index (κ1) is 32.4. The van der Waals surface area contributed by atoms with E-state index >= 15 is 0 Å². The number of aliphatic hydroxyl groups excluding tert-OH is 1. The molecule has 9 fully saturated rings. The fraction of sp³-hybridized carbons (Fsp3) is 0.974. The second-order valence-corrected chi connectivity index (χ2v) is 18.2. The average Bonchev–Trinajstić information content (AvgIpc) is 3.17. The third-order valence-corrected chi connectivity index (χ3v) is 16.2. The van der Waals surface area contributed by atoms with Crippen molar-refractivity contribution in [1.29, 1.82) is 0 Å². The Kier molecular flexibility index (Phi) is 8.02. The van der Waals surface area contributed by atoms with Crippen molar-refractivity contribution in [2.45, 2.75) is 167 Å². The molecule has 46 heavy (non-hydrogen) atoms. The van der Waals surface area contributed by atoms with E-state index in [1.54, 1.807) is 0 Å². The second kappa shape index (κ2) is 11.4. The fourth-order valence-electron chi connectivity index (χ4n) is 13.7. The van der Waals surface area contributed by atoms with E-state index in [0.29, 0.717) is 35.5 Å². The van der Waals surface area contributed by atoms with Gasteiger partial charge in [-0.25, -0.2) is 9.78 Å². The highest BCUT2D eigenvalue weighted by molar-refractivity contribution is 5.66. The second-order valence-electron chi connectivity index (χ2n) is 18.2. The zero-order chi connectivity index (χ0) is 32.2. The maximum absolute atomic E-state index is 11.9. The minimum Gasteiger partial charge on any atom is -0.481 e. The number of fused-ring (bicyclic) bond motifs is 7. The molecule has 4 aliphatic heterocycles. The number of carboxylic acids is 1. The Labute approximate surface area is 275 Å². The number of carboxylic acid groups (broad SMARTS) is 1. The van der Waals surface area contributed by atoms with Gasteiger partial charge in [-0.15, -0.1) is 0 Å². The van der Waals surface area contributed by atoms with E-state index in [4.69, 9.17) is 24.0 Å². The van der Waals surface area contributed by atoms with Crippen LogP contribution in [0.25, 0.3) is 0 Å². The van der Waals surface area contributed by atoms with Crippen LogP contribution >= 0.6 is 0 Å². The Morgan fingerprint density at radius 2 is 1.57 bits per heavy atom. The maximum Gasteiger partial charge on any atom is 0.303 e. The summed E-state index contributed by atoms with van der Waals surface area (Å²) in [6.45, 7) is 11.6. The van der Waals surface area contributed by atoms with Crippen LogP contribution in [0.4, 0.5) is 0 Å². The molecule has 0 aromatic rings. The lowest BCUT2D eigenvalue weighted by Gasteiger charge is -2.63. The van der Waals surface area contributed by atoms with E-state index in [1.165, 1.54) is 32.1 Å². The Hall–Kier alpha value is -0.770. The van der Waals surface area contributed by atoms with E-state index in [2.05, 4.69) is 27.7 Å². The van der Waals surface area contributed by atoms with Gasteiger partial charge >= 0.3 is 5.97 Å². The van der Waals surface area contributed by atoms with Crippen molar-refractivity contribution in [1.82, 2.24) is 0 Å². The molecule has 260 valence electrons. The summed E-state index contributed by atoms with van der Waals surface area (Å²) < 4.78 is 20.4. The summed E-state index contributed by atoms with van der Waals surface area (Å²) in [5, 5.41) is 21.1. The van der Waals surface area contributed by atoms with Gasteiger partial charge in [0.2, 0.25) is 5.79 Å². The highest BCUT2D eigenvalue weighted by atomic mass is 17.3. The number of ether oxygens (including phenoxy) is 3. The lowest BCUT2D eigenvalue weighted by atomic mass is 9.44. The Morgan fingerprint density at radius 3 is 2.37 bits per heavy atom. The SMILES string of the molecule is C[C@H]1C(O[C@@H]2CC[C@]3(C)C4CC[C@@]5(C)C(CC[C@@H]5CCCC(=O)O)C4C[C@H](O)C3C2)OC2O[C@]3(C)CCC4[C@H](C)CCC1[C@@]24OO3. The first-order valence-electron chi connectivity index (χ1n) is 19.1. The monoisotopic (exact) mass is 644 g/mol. The number of aliphatic hydroxyl groups is 1. The van der Waals surface area contributed by atoms with Crippen molar-refractivity contribution in [3.8, 4) is 0 Å². The zero-order valence-electron chi connectivity index (χ0n) is 29.0. The number of rotatable bonds is 6. The predicted octanol–water partition coefficient (Wildman–Crippen LogP) is 7.46. The summed E-state index contributed by atoms with van der Waals surface area (Å²) in [6.07, 6.45) is 14.0. The molecule has 17 atom stereocenters. The van der Waals surface area contributed by atoms with Crippen LogP contribution in [-0.4, -0.2) is 52.4 Å². The average molecular weight is 645 g/mol. The van der Waals surface area contributed by atoms with Gasteiger partial charge in [0.25, 0.3) is 0 Å². The lowest BCUT2D eigenvalue weighted by Crippen LogP contribution is -2.70. The third kappa shape index (κ3) is 4.76. The molecule has 0 amide bonds. The largest absolute Gasteiger partial charge is 0.481 e. The fourth-order valence-corrected chi connectivity index (χ4v) is 13.7. The van der Waals surface area contributed by atoms with Crippen molar-refractivity contribution in [2.24, 2.45) is 64.1 Å². The van der Waals surface area contributed by atoms with Crippen LogP contribution in [0.2, 0.25) is 0 Å². The minimum atomic E-state index is -0.786. The highest BCUT2D eigenvalue weighted by Gasteiger charge is 2.70. The zero-order valence-corrected chi connectivity index (χ0v) is 29.0. The van der Waals surface area contributed by atoms with Crippen LogP contribution in [0.1, 0.15) is 131 Å². The summed E-state index contributed by atoms with van der Waals surface area (Å²) in [5.41, 5.74) is -0.155. The lowest BCUT2D eigenvalue weighted by molar-refractivity contribution is -0.578.